The summed E-state index contributed by atoms with van der Waals surface area (Å²) < 4.78 is 6.13. The van der Waals surface area contributed by atoms with Crippen LogP contribution in [-0.2, 0) is 11.4 Å². The minimum atomic E-state index is 0.125. The number of oxime groups is 1. The fourth-order valence-corrected chi connectivity index (χ4v) is 2.40. The molecule has 0 fully saturated rings. The number of hydrogen-bond acceptors (Lipinski definition) is 5. The van der Waals surface area contributed by atoms with Gasteiger partial charge in [0, 0.05) is 15.6 Å². The molecule has 0 aliphatic carbocycles. The van der Waals surface area contributed by atoms with E-state index in [4.69, 9.17) is 9.36 Å². The first-order chi connectivity index (χ1) is 11.2. The van der Waals surface area contributed by atoms with Gasteiger partial charge in [0.05, 0.1) is 6.21 Å². The van der Waals surface area contributed by atoms with E-state index in [9.17, 15) is 0 Å². The van der Waals surface area contributed by atoms with Crippen molar-refractivity contribution in [3.05, 3.63) is 70.0 Å². The topological polar surface area (TPSA) is 60.5 Å². The second-order valence-corrected chi connectivity index (χ2v) is 5.71. The smallest absolute Gasteiger partial charge is 0.267 e. The van der Waals surface area contributed by atoms with Gasteiger partial charge < -0.3 is 9.36 Å². The van der Waals surface area contributed by atoms with Crippen molar-refractivity contribution in [1.29, 1.82) is 0 Å². The van der Waals surface area contributed by atoms with Crippen LogP contribution in [0.25, 0.3) is 11.4 Å². The predicted octanol–water partition coefficient (Wildman–Crippen LogP) is 4.36. The van der Waals surface area contributed by atoms with E-state index < -0.39 is 0 Å². The van der Waals surface area contributed by atoms with Crippen LogP contribution >= 0.6 is 15.9 Å². The Morgan fingerprint density at radius 1 is 1.17 bits per heavy atom. The minimum absolute atomic E-state index is 0.125. The molecule has 0 spiro atoms. The summed E-state index contributed by atoms with van der Waals surface area (Å²) in [5.74, 6) is 0.934. The number of halogens is 1. The van der Waals surface area contributed by atoms with Crippen LogP contribution in [0.1, 0.15) is 17.0 Å². The summed E-state index contributed by atoms with van der Waals surface area (Å²) in [6.45, 7) is 2.13. The molecular formula is C17H14BrN3O2. The number of aryl methyl sites for hydroxylation is 1. The lowest BCUT2D eigenvalue weighted by Crippen LogP contribution is -1.90. The van der Waals surface area contributed by atoms with Crippen molar-refractivity contribution < 1.29 is 9.36 Å². The summed E-state index contributed by atoms with van der Waals surface area (Å²) >= 11 is 3.44. The highest BCUT2D eigenvalue weighted by atomic mass is 79.9. The Hall–Kier alpha value is -2.47. The van der Waals surface area contributed by atoms with Gasteiger partial charge in [-0.05, 0) is 18.6 Å². The van der Waals surface area contributed by atoms with Gasteiger partial charge in [-0.1, -0.05) is 68.7 Å². The molecule has 6 heteroatoms. The number of nitrogens with zero attached hydrogens (tertiary/aromatic N) is 3. The van der Waals surface area contributed by atoms with E-state index in [-0.39, 0.29) is 6.61 Å². The van der Waals surface area contributed by atoms with Crippen molar-refractivity contribution in [2.24, 2.45) is 5.16 Å². The summed E-state index contributed by atoms with van der Waals surface area (Å²) in [7, 11) is 0. The summed E-state index contributed by atoms with van der Waals surface area (Å²) in [6.07, 6.45) is 1.63. The van der Waals surface area contributed by atoms with Gasteiger partial charge in [0.2, 0.25) is 5.82 Å². The minimum Gasteiger partial charge on any atom is -0.386 e. The SMILES string of the molecule is Cc1ccccc1-c1noc(CO/N=C\c2ccccc2Br)n1. The van der Waals surface area contributed by atoms with E-state index in [1.165, 1.54) is 0 Å². The highest BCUT2D eigenvalue weighted by Crippen LogP contribution is 2.20. The first kappa shape index (κ1) is 15.4. The van der Waals surface area contributed by atoms with Crippen molar-refractivity contribution in [3.63, 3.8) is 0 Å². The van der Waals surface area contributed by atoms with Crippen LogP contribution in [0.4, 0.5) is 0 Å². The standard InChI is InChI=1S/C17H14BrN3O2/c1-12-6-2-4-8-14(12)17-20-16(23-21-17)11-22-19-10-13-7-3-5-9-15(13)18/h2-10H,11H2,1H3/b19-10-. The molecule has 0 amide bonds. The molecule has 0 aliphatic heterocycles. The monoisotopic (exact) mass is 371 g/mol. The Balaban J connectivity index is 1.62. The zero-order valence-corrected chi connectivity index (χ0v) is 14.0. The van der Waals surface area contributed by atoms with Crippen LogP contribution in [0.3, 0.4) is 0 Å². The van der Waals surface area contributed by atoms with E-state index in [1.807, 2.05) is 55.5 Å². The Bertz CT molecular complexity index is 830. The number of hydrogen-bond donors (Lipinski definition) is 0. The molecule has 0 radical (unpaired) electrons. The van der Waals surface area contributed by atoms with E-state index in [0.717, 1.165) is 21.2 Å². The third-order valence-electron chi connectivity index (χ3n) is 3.21. The average Bonchev–Trinajstić information content (AvgIpc) is 3.02. The van der Waals surface area contributed by atoms with Gasteiger partial charge in [0.15, 0.2) is 6.61 Å². The van der Waals surface area contributed by atoms with Crippen molar-refractivity contribution in [2.75, 3.05) is 0 Å². The van der Waals surface area contributed by atoms with E-state index >= 15 is 0 Å². The van der Waals surface area contributed by atoms with Crippen molar-refractivity contribution >= 4 is 22.1 Å². The lowest BCUT2D eigenvalue weighted by atomic mass is 10.1. The predicted molar refractivity (Wildman–Crippen MR) is 91.0 cm³/mol. The second-order valence-electron chi connectivity index (χ2n) is 4.86. The van der Waals surface area contributed by atoms with Gasteiger partial charge in [0.25, 0.3) is 5.89 Å². The average molecular weight is 372 g/mol. The van der Waals surface area contributed by atoms with Crippen LogP contribution < -0.4 is 0 Å². The van der Waals surface area contributed by atoms with Crippen molar-refractivity contribution in [1.82, 2.24) is 10.1 Å². The molecule has 0 aliphatic rings. The fraction of sp³-hybridized carbons (Fsp3) is 0.118. The first-order valence-electron chi connectivity index (χ1n) is 7.02. The van der Waals surface area contributed by atoms with Crippen LogP contribution in [0.2, 0.25) is 0 Å². The van der Waals surface area contributed by atoms with Crippen LogP contribution in [0, 0.1) is 6.92 Å². The van der Waals surface area contributed by atoms with Gasteiger partial charge in [0.1, 0.15) is 0 Å². The largest absolute Gasteiger partial charge is 0.386 e. The maximum absolute atomic E-state index is 5.21. The molecule has 0 bridgehead atoms. The summed E-state index contributed by atoms with van der Waals surface area (Å²) in [5, 5.41) is 7.89. The molecule has 3 aromatic rings. The molecule has 1 aromatic heterocycles. The van der Waals surface area contributed by atoms with Gasteiger partial charge in [-0.3, -0.25) is 0 Å². The first-order valence-corrected chi connectivity index (χ1v) is 7.82. The summed E-state index contributed by atoms with van der Waals surface area (Å²) in [4.78, 5) is 9.53. The van der Waals surface area contributed by atoms with Crippen molar-refractivity contribution in [3.8, 4) is 11.4 Å². The molecule has 3 rings (SSSR count). The highest BCUT2D eigenvalue weighted by molar-refractivity contribution is 9.10. The zero-order chi connectivity index (χ0) is 16.1. The molecule has 0 atom stereocenters. The Morgan fingerprint density at radius 2 is 1.96 bits per heavy atom. The summed E-state index contributed by atoms with van der Waals surface area (Å²) in [6, 6.07) is 15.6. The van der Waals surface area contributed by atoms with Crippen molar-refractivity contribution in [2.45, 2.75) is 13.5 Å². The van der Waals surface area contributed by atoms with E-state index in [1.54, 1.807) is 6.21 Å². The van der Waals surface area contributed by atoms with Gasteiger partial charge in [-0.2, -0.15) is 4.98 Å². The van der Waals surface area contributed by atoms with Crippen LogP contribution in [-0.4, -0.2) is 16.4 Å². The number of aromatic nitrogens is 2. The lowest BCUT2D eigenvalue weighted by Gasteiger charge is -1.98. The zero-order valence-electron chi connectivity index (χ0n) is 12.4. The Kier molecular flexibility index (Phi) is 4.83. The Labute approximate surface area is 142 Å². The number of benzene rings is 2. The molecule has 5 nitrogen and oxygen atoms in total. The third-order valence-corrected chi connectivity index (χ3v) is 3.94. The highest BCUT2D eigenvalue weighted by Gasteiger charge is 2.10. The molecule has 1 heterocycles. The fourth-order valence-electron chi connectivity index (χ4n) is 2.01. The van der Waals surface area contributed by atoms with Gasteiger partial charge >= 0.3 is 0 Å². The molecule has 0 saturated heterocycles. The van der Waals surface area contributed by atoms with Crippen LogP contribution in [0.5, 0.6) is 0 Å². The van der Waals surface area contributed by atoms with E-state index in [2.05, 4.69) is 31.2 Å². The third kappa shape index (κ3) is 3.84. The summed E-state index contributed by atoms with van der Waals surface area (Å²) in [5.41, 5.74) is 2.96. The van der Waals surface area contributed by atoms with Gasteiger partial charge in [-0.15, -0.1) is 0 Å². The van der Waals surface area contributed by atoms with Crippen LogP contribution in [0.15, 0.2) is 62.7 Å². The quantitative estimate of drug-likeness (QED) is 0.493. The lowest BCUT2D eigenvalue weighted by molar-refractivity contribution is 0.107. The normalized spacial score (nSPS) is 11.0. The molecule has 0 saturated carbocycles. The second kappa shape index (κ2) is 7.19. The molecule has 0 N–H and O–H groups in total. The maximum Gasteiger partial charge on any atom is 0.267 e. The van der Waals surface area contributed by atoms with Gasteiger partial charge in [-0.25, -0.2) is 0 Å². The van der Waals surface area contributed by atoms with E-state index in [0.29, 0.717) is 11.7 Å². The Morgan fingerprint density at radius 3 is 2.78 bits per heavy atom. The molecule has 0 unspecified atom stereocenters. The molecule has 2 aromatic carbocycles. The molecular weight excluding hydrogens is 358 g/mol. The number of rotatable bonds is 5. The molecule has 23 heavy (non-hydrogen) atoms. The maximum atomic E-state index is 5.21. The molecule has 116 valence electrons.